The van der Waals surface area contributed by atoms with E-state index >= 15 is 0 Å². The number of benzene rings is 2. The Morgan fingerprint density at radius 2 is 1.74 bits per heavy atom. The van der Waals surface area contributed by atoms with E-state index in [0.717, 1.165) is 18.1 Å². The van der Waals surface area contributed by atoms with Gasteiger partial charge in [0.15, 0.2) is 0 Å². The van der Waals surface area contributed by atoms with Crippen LogP contribution in [0, 0.1) is 6.92 Å². The smallest absolute Gasteiger partial charge is 0.0451 e. The van der Waals surface area contributed by atoms with E-state index in [2.05, 4.69) is 48.5 Å². The number of nitrogens with zero attached hydrogens (tertiary/aromatic N) is 1. The Balaban J connectivity index is 2.05. The molecule has 0 amide bonds. The van der Waals surface area contributed by atoms with Crippen LogP contribution in [0.15, 0.2) is 53.4 Å². The molecule has 0 N–H and O–H groups in total. The highest BCUT2D eigenvalue weighted by Crippen LogP contribution is 2.26. The molecular formula is C16H18ClNS. The topological polar surface area (TPSA) is 3.24 Å². The predicted molar refractivity (Wildman–Crippen MR) is 84.6 cm³/mol. The highest BCUT2D eigenvalue weighted by molar-refractivity contribution is 7.97. The number of aryl methyl sites for hydroxylation is 1. The first-order valence-electron chi connectivity index (χ1n) is 6.42. The van der Waals surface area contributed by atoms with Gasteiger partial charge in [0.1, 0.15) is 0 Å². The fraction of sp³-hybridized carbons (Fsp3) is 0.250. The van der Waals surface area contributed by atoms with Crippen LogP contribution in [0.25, 0.3) is 0 Å². The van der Waals surface area contributed by atoms with Crippen molar-refractivity contribution in [1.82, 2.24) is 4.31 Å². The van der Waals surface area contributed by atoms with E-state index in [0.29, 0.717) is 0 Å². The molecule has 100 valence electrons. The van der Waals surface area contributed by atoms with Gasteiger partial charge in [-0.25, -0.2) is 4.31 Å². The van der Waals surface area contributed by atoms with Crippen LogP contribution in [-0.2, 0) is 6.54 Å². The van der Waals surface area contributed by atoms with E-state index in [4.69, 9.17) is 11.6 Å². The van der Waals surface area contributed by atoms with Crippen LogP contribution in [0.3, 0.4) is 0 Å². The molecule has 19 heavy (non-hydrogen) atoms. The van der Waals surface area contributed by atoms with E-state index in [1.807, 2.05) is 18.2 Å². The molecule has 2 aromatic carbocycles. The number of rotatable bonds is 5. The normalized spacial score (nSPS) is 10.9. The van der Waals surface area contributed by atoms with Crippen molar-refractivity contribution in [3.63, 3.8) is 0 Å². The van der Waals surface area contributed by atoms with Crippen molar-refractivity contribution in [2.24, 2.45) is 0 Å². The van der Waals surface area contributed by atoms with Gasteiger partial charge in [0.05, 0.1) is 0 Å². The largest absolute Gasteiger partial charge is 0.242 e. The van der Waals surface area contributed by atoms with Gasteiger partial charge in [0.25, 0.3) is 0 Å². The van der Waals surface area contributed by atoms with Crippen molar-refractivity contribution < 1.29 is 0 Å². The molecule has 0 aliphatic rings. The van der Waals surface area contributed by atoms with Crippen molar-refractivity contribution in [3.8, 4) is 0 Å². The summed E-state index contributed by atoms with van der Waals surface area (Å²) in [5, 5.41) is 0.838. The zero-order valence-corrected chi connectivity index (χ0v) is 12.8. The van der Waals surface area contributed by atoms with Crippen LogP contribution in [0.1, 0.15) is 18.1 Å². The van der Waals surface area contributed by atoms with E-state index < -0.39 is 0 Å². The molecule has 0 heterocycles. The Kier molecular flexibility index (Phi) is 5.32. The van der Waals surface area contributed by atoms with Crippen LogP contribution < -0.4 is 0 Å². The first-order chi connectivity index (χ1) is 9.19. The van der Waals surface area contributed by atoms with Gasteiger partial charge in [-0.3, -0.25) is 0 Å². The molecule has 0 aliphatic carbocycles. The van der Waals surface area contributed by atoms with E-state index in [9.17, 15) is 0 Å². The van der Waals surface area contributed by atoms with Crippen LogP contribution >= 0.6 is 23.5 Å². The summed E-state index contributed by atoms with van der Waals surface area (Å²) >= 11 is 7.99. The Hall–Kier alpha value is -0.960. The summed E-state index contributed by atoms with van der Waals surface area (Å²) in [4.78, 5) is 1.26. The third-order valence-electron chi connectivity index (χ3n) is 2.91. The molecule has 1 nitrogen and oxygen atoms in total. The summed E-state index contributed by atoms with van der Waals surface area (Å²) in [5.41, 5.74) is 2.46. The lowest BCUT2D eigenvalue weighted by Gasteiger charge is -2.19. The monoisotopic (exact) mass is 291 g/mol. The average Bonchev–Trinajstić information content (AvgIpc) is 2.43. The zero-order valence-electron chi connectivity index (χ0n) is 11.3. The molecular weight excluding hydrogens is 274 g/mol. The second-order valence-electron chi connectivity index (χ2n) is 4.45. The molecule has 0 radical (unpaired) electrons. The minimum atomic E-state index is 0.838. The van der Waals surface area contributed by atoms with Crippen molar-refractivity contribution >= 4 is 23.5 Å². The highest BCUT2D eigenvalue weighted by atomic mass is 35.5. The SMILES string of the molecule is CCN(Cc1ccccc1Cl)Sc1ccc(C)cc1. The summed E-state index contributed by atoms with van der Waals surface area (Å²) < 4.78 is 2.31. The Morgan fingerprint density at radius 3 is 2.37 bits per heavy atom. The summed E-state index contributed by atoms with van der Waals surface area (Å²) in [6.45, 7) is 6.10. The van der Waals surface area contributed by atoms with Crippen molar-refractivity contribution in [3.05, 3.63) is 64.7 Å². The van der Waals surface area contributed by atoms with Gasteiger partial charge in [0.2, 0.25) is 0 Å². The summed E-state index contributed by atoms with van der Waals surface area (Å²) in [7, 11) is 0. The third-order valence-corrected chi connectivity index (χ3v) is 4.41. The molecule has 0 fully saturated rings. The van der Waals surface area contributed by atoms with Crippen LogP contribution in [0.4, 0.5) is 0 Å². The minimum Gasteiger partial charge on any atom is -0.242 e. The molecule has 0 unspecified atom stereocenters. The van der Waals surface area contributed by atoms with Crippen LogP contribution in [0.5, 0.6) is 0 Å². The van der Waals surface area contributed by atoms with Gasteiger partial charge < -0.3 is 0 Å². The molecule has 0 aliphatic heterocycles. The predicted octanol–water partition coefficient (Wildman–Crippen LogP) is 5.18. The van der Waals surface area contributed by atoms with Crippen LogP contribution in [-0.4, -0.2) is 10.8 Å². The molecule has 2 aromatic rings. The van der Waals surface area contributed by atoms with Crippen molar-refractivity contribution in [2.75, 3.05) is 6.54 Å². The van der Waals surface area contributed by atoms with Gasteiger partial charge in [-0.05, 0) is 42.6 Å². The average molecular weight is 292 g/mol. The fourth-order valence-corrected chi connectivity index (χ4v) is 2.86. The minimum absolute atomic E-state index is 0.838. The van der Waals surface area contributed by atoms with E-state index in [1.54, 1.807) is 11.9 Å². The van der Waals surface area contributed by atoms with Gasteiger partial charge in [-0.1, -0.05) is 54.4 Å². The quantitative estimate of drug-likeness (QED) is 0.699. The second kappa shape index (κ2) is 6.99. The lowest BCUT2D eigenvalue weighted by molar-refractivity contribution is 0.493. The highest BCUT2D eigenvalue weighted by Gasteiger charge is 2.08. The maximum Gasteiger partial charge on any atom is 0.0451 e. The second-order valence-corrected chi connectivity index (χ2v) is 6.03. The van der Waals surface area contributed by atoms with Gasteiger partial charge in [-0.2, -0.15) is 0 Å². The summed E-state index contributed by atoms with van der Waals surface area (Å²) in [6.07, 6.45) is 0. The molecule has 0 saturated heterocycles. The molecule has 2 rings (SSSR count). The lowest BCUT2D eigenvalue weighted by atomic mass is 10.2. The van der Waals surface area contributed by atoms with E-state index in [-0.39, 0.29) is 0 Å². The van der Waals surface area contributed by atoms with Gasteiger partial charge in [-0.15, -0.1) is 0 Å². The Morgan fingerprint density at radius 1 is 1.05 bits per heavy atom. The maximum absolute atomic E-state index is 6.21. The lowest BCUT2D eigenvalue weighted by Crippen LogP contribution is -2.14. The van der Waals surface area contributed by atoms with Gasteiger partial charge in [0, 0.05) is 23.0 Å². The van der Waals surface area contributed by atoms with Gasteiger partial charge >= 0.3 is 0 Å². The zero-order chi connectivity index (χ0) is 13.7. The summed E-state index contributed by atoms with van der Waals surface area (Å²) in [5.74, 6) is 0. The molecule has 0 saturated carbocycles. The summed E-state index contributed by atoms with van der Waals surface area (Å²) in [6, 6.07) is 16.6. The fourth-order valence-electron chi connectivity index (χ4n) is 1.77. The molecule has 0 spiro atoms. The molecule has 0 aromatic heterocycles. The number of halogens is 1. The Bertz CT molecular complexity index is 525. The number of hydrogen-bond donors (Lipinski definition) is 0. The first kappa shape index (κ1) is 14.4. The van der Waals surface area contributed by atoms with Crippen molar-refractivity contribution in [1.29, 1.82) is 0 Å². The maximum atomic E-state index is 6.21. The molecule has 0 atom stereocenters. The van der Waals surface area contributed by atoms with Crippen molar-refractivity contribution in [2.45, 2.75) is 25.3 Å². The molecule has 3 heteroatoms. The number of hydrogen-bond acceptors (Lipinski definition) is 2. The third kappa shape index (κ3) is 4.27. The molecule has 0 bridgehead atoms. The first-order valence-corrected chi connectivity index (χ1v) is 7.57. The van der Waals surface area contributed by atoms with Crippen LogP contribution in [0.2, 0.25) is 5.02 Å². The Labute approximate surface area is 124 Å². The van der Waals surface area contributed by atoms with E-state index in [1.165, 1.54) is 16.0 Å². The standard InChI is InChI=1S/C16H18ClNS/c1-3-18(12-14-6-4-5-7-16(14)17)19-15-10-8-13(2)9-11-15/h4-11H,3,12H2,1-2H3.